The Morgan fingerprint density at radius 3 is 1.72 bits per heavy atom. The number of benzene rings is 9. The second kappa shape index (κ2) is 16.1. The quantitative estimate of drug-likeness (QED) is 0.156. The summed E-state index contributed by atoms with van der Waals surface area (Å²) in [6.45, 7) is 6.64. The Kier molecular flexibility index (Phi) is 9.22. The van der Waals surface area contributed by atoms with E-state index in [1.54, 1.807) is 0 Å². The molecule has 7 aliphatic carbocycles. The van der Waals surface area contributed by atoms with Gasteiger partial charge >= 0.3 is 0 Å². The van der Waals surface area contributed by atoms with E-state index in [0.29, 0.717) is 5.92 Å². The Balaban J connectivity index is 0.878. The van der Waals surface area contributed by atoms with Gasteiger partial charge in [0.15, 0.2) is 0 Å². The van der Waals surface area contributed by atoms with Gasteiger partial charge in [0.05, 0.1) is 16.2 Å². The average Bonchev–Trinajstić information content (AvgIpc) is 4.44. The van der Waals surface area contributed by atoms with Crippen molar-refractivity contribution in [1.29, 1.82) is 0 Å². The first-order chi connectivity index (χ1) is 37.6. The predicted octanol–water partition coefficient (Wildman–Crippen LogP) is 18.3. The molecule has 0 aliphatic heterocycles. The highest BCUT2D eigenvalue weighted by atomic mass is 14.6. The molecule has 358 valence electrons. The molecular weight excluding hydrogens is 913 g/mol. The van der Waals surface area contributed by atoms with E-state index in [9.17, 15) is 0 Å². The first-order valence-corrected chi connectivity index (χ1v) is 27.3. The predicted molar refractivity (Wildman–Crippen MR) is 315 cm³/mol. The fourth-order valence-electron chi connectivity index (χ4n) is 16.3. The Bertz CT molecular complexity index is 4170. The molecular formula is C76H54. The van der Waals surface area contributed by atoms with Crippen LogP contribution < -0.4 is 0 Å². The van der Waals surface area contributed by atoms with Crippen molar-refractivity contribution in [1.82, 2.24) is 0 Å². The van der Waals surface area contributed by atoms with Crippen molar-refractivity contribution in [2.75, 3.05) is 0 Å². The van der Waals surface area contributed by atoms with Gasteiger partial charge in [-0.3, -0.25) is 0 Å². The first-order valence-electron chi connectivity index (χ1n) is 27.3. The summed E-state index contributed by atoms with van der Waals surface area (Å²) < 4.78 is 0. The summed E-state index contributed by atoms with van der Waals surface area (Å²) in [4.78, 5) is 0. The number of rotatable bonds is 6. The molecule has 76 heavy (non-hydrogen) atoms. The topological polar surface area (TPSA) is 0 Å². The summed E-state index contributed by atoms with van der Waals surface area (Å²) in [7, 11) is 0. The zero-order valence-electron chi connectivity index (χ0n) is 42.5. The molecule has 0 saturated carbocycles. The van der Waals surface area contributed by atoms with E-state index in [0.717, 1.165) is 6.42 Å². The van der Waals surface area contributed by atoms with Crippen LogP contribution in [0.25, 0.3) is 50.1 Å². The van der Waals surface area contributed by atoms with Crippen molar-refractivity contribution in [3.05, 3.63) is 352 Å². The average molecular weight is 967 g/mol. The van der Waals surface area contributed by atoms with Crippen LogP contribution in [0, 0.1) is 5.92 Å². The molecule has 9 aromatic rings. The van der Waals surface area contributed by atoms with Crippen molar-refractivity contribution in [3.63, 3.8) is 0 Å². The molecule has 0 heterocycles. The van der Waals surface area contributed by atoms with Crippen LogP contribution in [0.1, 0.15) is 91.9 Å². The highest BCUT2D eigenvalue weighted by Crippen LogP contribution is 2.67. The van der Waals surface area contributed by atoms with Gasteiger partial charge in [0.2, 0.25) is 0 Å². The van der Waals surface area contributed by atoms with Crippen LogP contribution in [-0.2, 0) is 16.2 Å². The van der Waals surface area contributed by atoms with Gasteiger partial charge < -0.3 is 0 Å². The Hall–Kier alpha value is -8.84. The Morgan fingerprint density at radius 1 is 0.447 bits per heavy atom. The van der Waals surface area contributed by atoms with Crippen LogP contribution in [0.15, 0.2) is 285 Å². The van der Waals surface area contributed by atoms with Crippen molar-refractivity contribution >= 4 is 5.57 Å². The van der Waals surface area contributed by atoms with Crippen LogP contribution >= 0.6 is 0 Å². The second-order valence-electron chi connectivity index (χ2n) is 22.0. The molecule has 0 nitrogen and oxygen atoms in total. The van der Waals surface area contributed by atoms with Crippen molar-refractivity contribution in [3.8, 4) is 44.5 Å². The van der Waals surface area contributed by atoms with E-state index in [2.05, 4.69) is 281 Å². The second-order valence-corrected chi connectivity index (χ2v) is 22.0. The van der Waals surface area contributed by atoms with Crippen LogP contribution in [0.2, 0.25) is 0 Å². The standard InChI is InChI=1S/C76H54/c1-3-21-64-54(4-2)63-46-50(41-43-72(63)75(64)67-35-14-7-28-57(67)58-29-8-15-36-68(58)75)48-22-19-24-52(44-48)74(65-33-12-5-26-55(65)56-27-6-13-34-66(56)74)53-25-20-23-49(45-53)51-40-42-62-61-32-11-18-39-71(61)76(73(62)47-51)69-37-16-9-30-59(69)60-31-10-17-38-70(60)76/h3-26,28-47,56,59,69H,2,27H2,1H3/b21-3-. The van der Waals surface area contributed by atoms with Gasteiger partial charge in [-0.05, 0) is 166 Å². The molecule has 0 bridgehead atoms. The number of allylic oxidation sites excluding steroid dienone is 13. The molecule has 5 unspecified atom stereocenters. The largest absolute Gasteiger partial charge is 0.0984 e. The van der Waals surface area contributed by atoms with Crippen molar-refractivity contribution in [2.45, 2.75) is 41.4 Å². The molecule has 9 aromatic carbocycles. The van der Waals surface area contributed by atoms with Crippen molar-refractivity contribution < 1.29 is 0 Å². The maximum absolute atomic E-state index is 4.50. The minimum Gasteiger partial charge on any atom is -0.0984 e. The van der Waals surface area contributed by atoms with E-state index in [1.165, 1.54) is 128 Å². The minimum absolute atomic E-state index is 0.276. The van der Waals surface area contributed by atoms with E-state index in [4.69, 9.17) is 0 Å². The smallest absolute Gasteiger partial charge is 0.0725 e. The molecule has 0 radical (unpaired) electrons. The Morgan fingerprint density at radius 2 is 1.01 bits per heavy atom. The third-order valence-corrected chi connectivity index (χ3v) is 19.0. The third kappa shape index (κ3) is 5.39. The summed E-state index contributed by atoms with van der Waals surface area (Å²) in [5, 5.41) is 0. The zero-order chi connectivity index (χ0) is 50.3. The highest BCUT2D eigenvalue weighted by Gasteiger charge is 2.57. The molecule has 0 fully saturated rings. The van der Waals surface area contributed by atoms with Gasteiger partial charge in [-0.15, -0.1) is 0 Å². The molecule has 0 aromatic heterocycles. The lowest BCUT2D eigenvalue weighted by Crippen LogP contribution is -2.33. The lowest BCUT2D eigenvalue weighted by Gasteiger charge is -2.37. The fraction of sp³-hybridized carbons (Fsp3) is 0.105. The molecule has 0 N–H and O–H groups in total. The molecule has 5 atom stereocenters. The maximum Gasteiger partial charge on any atom is 0.0725 e. The first kappa shape index (κ1) is 43.5. The zero-order valence-corrected chi connectivity index (χ0v) is 42.5. The number of hydrogen-bond acceptors (Lipinski definition) is 0. The van der Waals surface area contributed by atoms with Crippen LogP contribution in [-0.4, -0.2) is 0 Å². The van der Waals surface area contributed by atoms with Gasteiger partial charge in [-0.2, -0.15) is 0 Å². The van der Waals surface area contributed by atoms with E-state index < -0.39 is 10.8 Å². The van der Waals surface area contributed by atoms with Gasteiger partial charge in [0, 0.05) is 17.8 Å². The monoisotopic (exact) mass is 966 g/mol. The number of fused-ring (bicyclic) bond motifs is 20. The summed E-state index contributed by atoms with van der Waals surface area (Å²) in [5.41, 5.74) is 29.2. The van der Waals surface area contributed by atoms with E-state index in [1.807, 2.05) is 0 Å². The molecule has 0 amide bonds. The van der Waals surface area contributed by atoms with Gasteiger partial charge in [0.25, 0.3) is 0 Å². The summed E-state index contributed by atoms with van der Waals surface area (Å²) in [5.74, 6) is 0.881. The Labute approximate surface area is 446 Å². The highest BCUT2D eigenvalue weighted by molar-refractivity contribution is 5.99. The summed E-state index contributed by atoms with van der Waals surface area (Å²) >= 11 is 0. The van der Waals surface area contributed by atoms with Crippen LogP contribution in [0.4, 0.5) is 0 Å². The summed E-state index contributed by atoms with van der Waals surface area (Å²) in [6, 6.07) is 79.6. The molecule has 0 saturated heterocycles. The third-order valence-electron chi connectivity index (χ3n) is 19.0. The molecule has 0 heteroatoms. The minimum atomic E-state index is -0.535. The van der Waals surface area contributed by atoms with Gasteiger partial charge in [-0.1, -0.05) is 249 Å². The number of hydrogen-bond donors (Lipinski definition) is 0. The lowest BCUT2D eigenvalue weighted by atomic mass is 9.65. The van der Waals surface area contributed by atoms with Gasteiger partial charge in [-0.25, -0.2) is 0 Å². The van der Waals surface area contributed by atoms with E-state index in [-0.39, 0.29) is 17.3 Å². The summed E-state index contributed by atoms with van der Waals surface area (Å²) in [6.07, 6.45) is 24.2. The SMILES string of the molecule is C=CC1=C(/C=C\C)C2(c3ccc(-c4cccc(C5(c6cccc(-c7ccc8c(c7)C7(c9ccccc9-8)c8ccccc8C8C=CC=CC87)c6)C6=CC=CCC6c6ccccc65)c4)cc31)c1ccccc1-c1ccccc12. The van der Waals surface area contributed by atoms with E-state index >= 15 is 0 Å². The normalized spacial score (nSPS) is 22.7. The maximum atomic E-state index is 4.50. The molecule has 2 spiro atoms. The molecule has 7 aliphatic rings. The van der Waals surface area contributed by atoms with Crippen molar-refractivity contribution in [2.24, 2.45) is 5.92 Å². The van der Waals surface area contributed by atoms with Gasteiger partial charge in [0.1, 0.15) is 0 Å². The van der Waals surface area contributed by atoms with Crippen LogP contribution in [0.5, 0.6) is 0 Å². The van der Waals surface area contributed by atoms with Crippen LogP contribution in [0.3, 0.4) is 0 Å². The lowest BCUT2D eigenvalue weighted by molar-refractivity contribution is 0.465. The molecule has 16 rings (SSSR count). The fourth-order valence-corrected chi connectivity index (χ4v) is 16.3.